The minimum atomic E-state index is -3.83. The maximum Gasteiger partial charge on any atom is 0.243 e. The van der Waals surface area contributed by atoms with E-state index in [1.807, 2.05) is 6.07 Å². The molecule has 0 radical (unpaired) electrons. The smallest absolute Gasteiger partial charge is 0.243 e. The Morgan fingerprint density at radius 2 is 1.89 bits per heavy atom. The van der Waals surface area contributed by atoms with Gasteiger partial charge in [0.05, 0.1) is 27.7 Å². The van der Waals surface area contributed by atoms with E-state index < -0.39 is 22.2 Å². The maximum atomic E-state index is 12.2. The number of hydrogen-bond donors (Lipinski definition) is 2. The molecule has 0 unspecified atom stereocenters. The first-order valence-electron chi connectivity index (χ1n) is 5.42. The van der Waals surface area contributed by atoms with E-state index >= 15 is 0 Å². The molecule has 1 aliphatic heterocycles. The third kappa shape index (κ3) is 2.59. The largest absolute Gasteiger partial charge is 0.389 e. The Bertz CT molecular complexity index is 631. The predicted molar refractivity (Wildman–Crippen MR) is 66.9 cm³/mol. The monoisotopic (exact) mass is 302 g/mol. The highest BCUT2D eigenvalue weighted by molar-refractivity contribution is 7.89. The van der Waals surface area contributed by atoms with Gasteiger partial charge in [-0.05, 0) is 18.2 Å². The van der Waals surface area contributed by atoms with Gasteiger partial charge in [0, 0.05) is 13.1 Å². The van der Waals surface area contributed by atoms with Crippen LogP contribution in [0.5, 0.6) is 0 Å². The van der Waals surface area contributed by atoms with Gasteiger partial charge in [-0.25, -0.2) is 8.42 Å². The molecule has 0 bridgehead atoms. The van der Waals surface area contributed by atoms with Crippen LogP contribution < -0.4 is 0 Å². The molecule has 6 nitrogen and oxygen atoms in total. The van der Waals surface area contributed by atoms with Crippen LogP contribution in [0, 0.1) is 11.3 Å². The van der Waals surface area contributed by atoms with Gasteiger partial charge in [0.1, 0.15) is 6.07 Å². The lowest BCUT2D eigenvalue weighted by Gasteiger charge is -2.15. The van der Waals surface area contributed by atoms with Gasteiger partial charge in [-0.3, -0.25) is 0 Å². The third-order valence-electron chi connectivity index (χ3n) is 2.92. The molecule has 2 rings (SSSR count). The first kappa shape index (κ1) is 14.2. The quantitative estimate of drug-likeness (QED) is 0.797. The van der Waals surface area contributed by atoms with Crippen molar-refractivity contribution in [1.82, 2.24) is 4.31 Å². The zero-order chi connectivity index (χ0) is 14.2. The second kappa shape index (κ2) is 5.07. The van der Waals surface area contributed by atoms with Crippen LogP contribution in [0.1, 0.15) is 5.56 Å². The second-order valence-corrected chi connectivity index (χ2v) is 6.56. The van der Waals surface area contributed by atoms with E-state index in [9.17, 15) is 18.6 Å². The molecule has 1 aliphatic rings. The average Bonchev–Trinajstić information content (AvgIpc) is 2.70. The fourth-order valence-corrected chi connectivity index (χ4v) is 3.62. The van der Waals surface area contributed by atoms with Gasteiger partial charge in [-0.2, -0.15) is 9.57 Å². The van der Waals surface area contributed by atoms with Crippen molar-refractivity contribution in [1.29, 1.82) is 5.26 Å². The van der Waals surface area contributed by atoms with Crippen molar-refractivity contribution in [2.45, 2.75) is 17.1 Å². The Hall–Kier alpha value is -1.17. The van der Waals surface area contributed by atoms with Crippen molar-refractivity contribution in [3.63, 3.8) is 0 Å². The number of nitrogens with zero attached hydrogens (tertiary/aromatic N) is 2. The Morgan fingerprint density at radius 1 is 1.32 bits per heavy atom. The molecular formula is C11H11ClN2O4S. The van der Waals surface area contributed by atoms with Gasteiger partial charge in [-0.1, -0.05) is 11.6 Å². The number of hydrogen-bond acceptors (Lipinski definition) is 5. The van der Waals surface area contributed by atoms with Crippen molar-refractivity contribution in [2.75, 3.05) is 13.1 Å². The highest BCUT2D eigenvalue weighted by Crippen LogP contribution is 2.25. The van der Waals surface area contributed by atoms with Crippen LogP contribution in [0.15, 0.2) is 23.1 Å². The standard InChI is InChI=1S/C11H11ClN2O4S/c12-9-3-8(2-1-7(9)4-13)19(17,18)14-5-10(15)11(16)6-14/h1-3,10-11,15-16H,5-6H2/t10-,11+. The topological polar surface area (TPSA) is 102 Å². The zero-order valence-electron chi connectivity index (χ0n) is 9.69. The molecule has 2 atom stereocenters. The lowest BCUT2D eigenvalue weighted by molar-refractivity contribution is 0.0572. The molecule has 2 N–H and O–H groups in total. The number of nitriles is 1. The summed E-state index contributed by atoms with van der Waals surface area (Å²) in [5.74, 6) is 0. The van der Waals surface area contributed by atoms with Crippen LogP contribution in [0.3, 0.4) is 0 Å². The minimum Gasteiger partial charge on any atom is -0.389 e. The Balaban J connectivity index is 2.36. The van der Waals surface area contributed by atoms with Gasteiger partial charge < -0.3 is 10.2 Å². The normalized spacial score (nSPS) is 24.3. The van der Waals surface area contributed by atoms with Crippen LogP contribution in [-0.2, 0) is 10.0 Å². The second-order valence-electron chi connectivity index (χ2n) is 4.21. The summed E-state index contributed by atoms with van der Waals surface area (Å²) in [5, 5.41) is 27.6. The molecule has 8 heteroatoms. The highest BCUT2D eigenvalue weighted by atomic mass is 35.5. The van der Waals surface area contributed by atoms with Crippen molar-refractivity contribution in [3.05, 3.63) is 28.8 Å². The molecule has 1 aromatic rings. The van der Waals surface area contributed by atoms with E-state index in [-0.39, 0.29) is 28.6 Å². The van der Waals surface area contributed by atoms with Crippen molar-refractivity contribution < 1.29 is 18.6 Å². The molecule has 1 saturated heterocycles. The lowest BCUT2D eigenvalue weighted by Crippen LogP contribution is -2.30. The van der Waals surface area contributed by atoms with Crippen LogP contribution in [-0.4, -0.2) is 48.2 Å². The number of aliphatic hydroxyl groups is 2. The average molecular weight is 303 g/mol. The predicted octanol–water partition coefficient (Wildman–Crippen LogP) is -0.0622. The van der Waals surface area contributed by atoms with Crippen molar-refractivity contribution in [3.8, 4) is 6.07 Å². The molecule has 1 heterocycles. The van der Waals surface area contributed by atoms with E-state index in [4.69, 9.17) is 16.9 Å². The zero-order valence-corrected chi connectivity index (χ0v) is 11.3. The SMILES string of the molecule is N#Cc1ccc(S(=O)(=O)N2C[C@@H](O)[C@@H](O)C2)cc1Cl. The van der Waals surface area contributed by atoms with Crippen molar-refractivity contribution >= 4 is 21.6 Å². The first-order chi connectivity index (χ1) is 8.86. The maximum absolute atomic E-state index is 12.2. The molecule has 1 fully saturated rings. The number of β-amino-alcohol motifs (C(OH)–C–C–N with tert-alkyl or cyclic N) is 2. The molecule has 0 aromatic heterocycles. The first-order valence-corrected chi connectivity index (χ1v) is 7.24. The highest BCUT2D eigenvalue weighted by Gasteiger charge is 2.37. The van der Waals surface area contributed by atoms with E-state index in [1.54, 1.807) is 0 Å². The summed E-state index contributed by atoms with van der Waals surface area (Å²) in [7, 11) is -3.83. The summed E-state index contributed by atoms with van der Waals surface area (Å²) in [6, 6.07) is 5.62. The summed E-state index contributed by atoms with van der Waals surface area (Å²) in [6.07, 6.45) is -2.19. The summed E-state index contributed by atoms with van der Waals surface area (Å²) in [5.41, 5.74) is 0.183. The molecule has 19 heavy (non-hydrogen) atoms. The van der Waals surface area contributed by atoms with Gasteiger partial charge in [-0.15, -0.1) is 0 Å². The molecule has 0 spiro atoms. The van der Waals surface area contributed by atoms with Crippen LogP contribution in [0.4, 0.5) is 0 Å². The minimum absolute atomic E-state index is 0.0452. The number of rotatable bonds is 2. The fourth-order valence-electron chi connectivity index (χ4n) is 1.83. The fraction of sp³-hybridized carbons (Fsp3) is 0.364. The van der Waals surface area contributed by atoms with E-state index in [1.165, 1.54) is 18.2 Å². The summed E-state index contributed by atoms with van der Waals surface area (Å²) >= 11 is 5.80. The Morgan fingerprint density at radius 3 is 2.37 bits per heavy atom. The molecule has 0 amide bonds. The summed E-state index contributed by atoms with van der Waals surface area (Å²) < 4.78 is 25.5. The number of aliphatic hydroxyl groups excluding tert-OH is 2. The number of benzene rings is 1. The summed E-state index contributed by atoms with van der Waals surface area (Å²) in [6.45, 7) is -0.331. The summed E-state index contributed by atoms with van der Waals surface area (Å²) in [4.78, 5) is -0.0715. The Kier molecular flexibility index (Phi) is 3.80. The van der Waals surface area contributed by atoms with Gasteiger partial charge >= 0.3 is 0 Å². The number of sulfonamides is 1. The van der Waals surface area contributed by atoms with Gasteiger partial charge in [0.2, 0.25) is 10.0 Å². The molecule has 1 aromatic carbocycles. The van der Waals surface area contributed by atoms with Crippen LogP contribution in [0.25, 0.3) is 0 Å². The van der Waals surface area contributed by atoms with Crippen LogP contribution >= 0.6 is 11.6 Å². The molecule has 102 valence electrons. The van der Waals surface area contributed by atoms with Crippen molar-refractivity contribution in [2.24, 2.45) is 0 Å². The third-order valence-corrected chi connectivity index (χ3v) is 5.06. The van der Waals surface area contributed by atoms with Crippen LogP contribution in [0.2, 0.25) is 5.02 Å². The van der Waals surface area contributed by atoms with Gasteiger partial charge in [0.15, 0.2) is 0 Å². The Labute approximate surface area is 115 Å². The molecule has 0 saturated carbocycles. The van der Waals surface area contributed by atoms with E-state index in [2.05, 4.69) is 0 Å². The molecule has 0 aliphatic carbocycles. The van der Waals surface area contributed by atoms with Gasteiger partial charge in [0.25, 0.3) is 0 Å². The van der Waals surface area contributed by atoms with E-state index in [0.29, 0.717) is 0 Å². The number of halogens is 1. The van der Waals surface area contributed by atoms with E-state index in [0.717, 1.165) is 4.31 Å². The molecular weight excluding hydrogens is 292 g/mol. The lowest BCUT2D eigenvalue weighted by atomic mass is 10.2.